The molecule has 4 saturated carbocycles. The summed E-state index contributed by atoms with van der Waals surface area (Å²) in [5.41, 5.74) is 2.51. The molecule has 1 aliphatic heterocycles. The van der Waals surface area contributed by atoms with Gasteiger partial charge in [0.25, 0.3) is 0 Å². The van der Waals surface area contributed by atoms with Gasteiger partial charge in [-0.3, -0.25) is 4.79 Å². The van der Waals surface area contributed by atoms with Crippen molar-refractivity contribution in [1.29, 1.82) is 0 Å². The van der Waals surface area contributed by atoms with Gasteiger partial charge in [-0.1, -0.05) is 60.1 Å². The zero-order valence-electron chi connectivity index (χ0n) is 27.1. The number of nitrogens with zero attached hydrogens (tertiary/aromatic N) is 1. The van der Waals surface area contributed by atoms with Crippen LogP contribution in [0.5, 0.6) is 0 Å². The van der Waals surface area contributed by atoms with Crippen LogP contribution in [-0.4, -0.2) is 49.8 Å². The van der Waals surface area contributed by atoms with Crippen LogP contribution >= 0.6 is 0 Å². The fraction of sp³-hybridized carbons (Fsp3) is 0.917. The van der Waals surface area contributed by atoms with Gasteiger partial charge >= 0.3 is 0 Å². The lowest BCUT2D eigenvalue weighted by Crippen LogP contribution is -2.66. The number of fused-ring (bicyclic) bond motifs is 7. The van der Waals surface area contributed by atoms with E-state index in [2.05, 4.69) is 66.4 Å². The van der Waals surface area contributed by atoms with Crippen LogP contribution in [0.25, 0.3) is 0 Å². The minimum Gasteiger partial charge on any atom is -0.378 e. The lowest BCUT2D eigenvalue weighted by atomic mass is 9.33. The molecule has 226 valence electrons. The van der Waals surface area contributed by atoms with E-state index in [1.165, 1.54) is 44.9 Å². The second kappa shape index (κ2) is 9.83. The fourth-order valence-corrected chi connectivity index (χ4v) is 12.4. The van der Waals surface area contributed by atoms with Gasteiger partial charge in [0.05, 0.1) is 24.7 Å². The summed E-state index contributed by atoms with van der Waals surface area (Å²) in [6, 6.07) is 0. The van der Waals surface area contributed by atoms with E-state index < -0.39 is 0 Å². The van der Waals surface area contributed by atoms with E-state index in [1.54, 1.807) is 5.57 Å². The number of amides is 1. The molecule has 1 unspecified atom stereocenters. The molecule has 1 amide bonds. The van der Waals surface area contributed by atoms with E-state index in [9.17, 15) is 4.79 Å². The molecule has 6 aliphatic rings. The largest absolute Gasteiger partial charge is 0.378 e. The number of ether oxygens (including phenoxy) is 2. The molecule has 1 heterocycles. The summed E-state index contributed by atoms with van der Waals surface area (Å²) in [6.07, 6.45) is 13.9. The first-order valence-electron chi connectivity index (χ1n) is 17.1. The van der Waals surface area contributed by atoms with Crippen LogP contribution in [0.1, 0.15) is 113 Å². The predicted octanol–water partition coefficient (Wildman–Crippen LogP) is 7.91. The van der Waals surface area contributed by atoms with Gasteiger partial charge in [0.15, 0.2) is 0 Å². The first-order chi connectivity index (χ1) is 18.9. The zero-order chi connectivity index (χ0) is 28.7. The number of morpholine rings is 1. The molecule has 0 bridgehead atoms. The van der Waals surface area contributed by atoms with Crippen LogP contribution in [0, 0.1) is 56.7 Å². The lowest BCUT2D eigenvalue weighted by Gasteiger charge is -2.71. The maximum Gasteiger partial charge on any atom is 0.229 e. The summed E-state index contributed by atoms with van der Waals surface area (Å²) in [4.78, 5) is 16.7. The van der Waals surface area contributed by atoms with E-state index in [0.29, 0.717) is 60.2 Å². The summed E-state index contributed by atoms with van der Waals surface area (Å²) >= 11 is 0. The average molecular weight is 554 g/mol. The average Bonchev–Trinajstić information content (AvgIpc) is 2.93. The maximum atomic E-state index is 14.5. The molecule has 0 spiro atoms. The molecule has 1 saturated heterocycles. The van der Waals surface area contributed by atoms with Gasteiger partial charge < -0.3 is 14.4 Å². The number of hydrogen-bond acceptors (Lipinski definition) is 3. The molecule has 0 radical (unpaired) electrons. The number of carbonyl (C=O) groups excluding carboxylic acids is 1. The molecular formula is C36H59NO3. The van der Waals surface area contributed by atoms with Gasteiger partial charge in [-0.25, -0.2) is 0 Å². The number of allylic oxidation sites excluding steroid dienone is 2. The van der Waals surface area contributed by atoms with Crippen LogP contribution in [0.4, 0.5) is 0 Å². The van der Waals surface area contributed by atoms with Gasteiger partial charge in [-0.15, -0.1) is 0 Å². The van der Waals surface area contributed by atoms with Gasteiger partial charge in [0.1, 0.15) is 0 Å². The third kappa shape index (κ3) is 3.79. The monoisotopic (exact) mass is 553 g/mol. The molecule has 6 rings (SSSR count). The third-order valence-corrected chi connectivity index (χ3v) is 15.0. The number of rotatable bonds is 3. The summed E-state index contributed by atoms with van der Waals surface area (Å²) in [7, 11) is 0. The van der Waals surface area contributed by atoms with Crippen molar-refractivity contribution < 1.29 is 14.3 Å². The minimum atomic E-state index is -0.212. The summed E-state index contributed by atoms with van der Waals surface area (Å²) in [6.45, 7) is 23.9. The molecular weight excluding hydrogens is 494 g/mol. The predicted molar refractivity (Wildman–Crippen MR) is 162 cm³/mol. The molecule has 4 heteroatoms. The van der Waals surface area contributed by atoms with Crippen molar-refractivity contribution >= 4 is 5.91 Å². The Balaban J connectivity index is 1.39. The summed E-state index contributed by atoms with van der Waals surface area (Å²) in [5, 5.41) is 0. The van der Waals surface area contributed by atoms with E-state index in [1.807, 2.05) is 0 Å². The van der Waals surface area contributed by atoms with Crippen molar-refractivity contribution in [1.82, 2.24) is 4.90 Å². The zero-order valence-corrected chi connectivity index (χ0v) is 27.1. The van der Waals surface area contributed by atoms with Crippen molar-refractivity contribution in [2.45, 2.75) is 119 Å². The van der Waals surface area contributed by atoms with Crippen molar-refractivity contribution in [2.75, 3.05) is 32.9 Å². The first kappa shape index (κ1) is 29.2. The molecule has 5 aliphatic carbocycles. The summed E-state index contributed by atoms with van der Waals surface area (Å²) in [5.74, 6) is 3.49. The van der Waals surface area contributed by atoms with Gasteiger partial charge in [-0.05, 0) is 116 Å². The van der Waals surface area contributed by atoms with Gasteiger partial charge in [0, 0.05) is 19.7 Å². The molecule has 5 fully saturated rings. The Bertz CT molecular complexity index is 1030. The number of hydrogen-bond donors (Lipinski definition) is 0. The smallest absolute Gasteiger partial charge is 0.229 e. The van der Waals surface area contributed by atoms with Crippen molar-refractivity contribution in [2.24, 2.45) is 56.7 Å². The van der Waals surface area contributed by atoms with Crippen LogP contribution in [0.2, 0.25) is 0 Å². The van der Waals surface area contributed by atoms with E-state index >= 15 is 0 Å². The highest BCUT2D eigenvalue weighted by molar-refractivity contribution is 5.84. The Morgan fingerprint density at radius 2 is 1.68 bits per heavy atom. The highest BCUT2D eigenvalue weighted by Crippen LogP contribution is 2.76. The topological polar surface area (TPSA) is 38.8 Å². The molecule has 4 nitrogen and oxygen atoms in total. The highest BCUT2D eigenvalue weighted by atomic mass is 16.5. The minimum absolute atomic E-state index is 0.176. The second-order valence-corrected chi connectivity index (χ2v) is 16.5. The molecule has 0 aromatic rings. The van der Waals surface area contributed by atoms with E-state index in [4.69, 9.17) is 9.47 Å². The van der Waals surface area contributed by atoms with Crippen LogP contribution < -0.4 is 0 Å². The Kier molecular flexibility index (Phi) is 7.18. The second-order valence-electron chi connectivity index (χ2n) is 16.5. The quantitative estimate of drug-likeness (QED) is 0.333. The highest BCUT2D eigenvalue weighted by Gasteiger charge is 2.69. The maximum absolute atomic E-state index is 14.5. The molecule has 40 heavy (non-hydrogen) atoms. The van der Waals surface area contributed by atoms with Gasteiger partial charge in [0.2, 0.25) is 5.91 Å². The van der Waals surface area contributed by atoms with Crippen molar-refractivity contribution in [3.05, 3.63) is 11.6 Å². The Labute approximate surface area is 245 Å². The first-order valence-corrected chi connectivity index (χ1v) is 17.1. The van der Waals surface area contributed by atoms with Crippen LogP contribution in [-0.2, 0) is 14.3 Å². The summed E-state index contributed by atoms with van der Waals surface area (Å²) < 4.78 is 12.0. The van der Waals surface area contributed by atoms with Crippen molar-refractivity contribution in [3.8, 4) is 0 Å². The fourth-order valence-electron chi connectivity index (χ4n) is 12.4. The van der Waals surface area contributed by atoms with E-state index in [-0.39, 0.29) is 21.7 Å². The van der Waals surface area contributed by atoms with Crippen molar-refractivity contribution in [3.63, 3.8) is 0 Å². The molecule has 0 N–H and O–H groups in total. The van der Waals surface area contributed by atoms with Crippen LogP contribution in [0.15, 0.2) is 11.6 Å². The third-order valence-electron chi connectivity index (χ3n) is 15.0. The Morgan fingerprint density at radius 1 is 0.950 bits per heavy atom. The normalized spacial score (nSPS) is 50.1. The van der Waals surface area contributed by atoms with E-state index in [0.717, 1.165) is 32.5 Å². The molecule has 0 aromatic heterocycles. The standard InChI is InChI=1S/C36H59NO3/c1-9-40-29-14-15-33(6)27(32(29,4)5)13-16-35(8)28(33)11-10-26-30-25(3)24(2)12-17-36(30,19-18-34(26,35)7)31(38)37-20-22-39-23-21-37/h10,24-25,27-30H,9,11-23H2,1-8H3/t24-,25+,27+,28-,29+,30?,33+,34-,35-,36+/m1/s1. The SMILES string of the molecule is CCO[C@H]1CC[C@]2(C)[C@H]3CC=C4C5[C@@H](C)[C@H](C)CC[C@]5(C(=O)N5CCOCC5)CC[C@@]4(C)[C@]3(C)CC[C@H]2C1(C)C. The Hall–Kier alpha value is -0.870. The lowest BCUT2D eigenvalue weighted by molar-refractivity contribution is -0.212. The molecule has 0 aromatic carbocycles. The number of carbonyl (C=O) groups is 1. The van der Waals surface area contributed by atoms with Crippen LogP contribution in [0.3, 0.4) is 0 Å². The molecule has 10 atom stereocenters. The Morgan fingerprint density at radius 3 is 2.38 bits per heavy atom. The van der Waals surface area contributed by atoms with Gasteiger partial charge in [-0.2, -0.15) is 0 Å².